The average Bonchev–Trinajstić information content (AvgIpc) is 2.88. The normalized spacial score (nSPS) is 10.8. The fourth-order valence-electron chi connectivity index (χ4n) is 2.65. The van der Waals surface area contributed by atoms with Crippen molar-refractivity contribution in [3.05, 3.63) is 60.0 Å². The van der Waals surface area contributed by atoms with Crippen LogP contribution in [0, 0.1) is 6.92 Å². The molecular formula is C19H21N3O2. The molecule has 2 aromatic heterocycles. The lowest BCUT2D eigenvalue weighted by molar-refractivity contribution is -0.123. The lowest BCUT2D eigenvalue weighted by Crippen LogP contribution is -2.30. The van der Waals surface area contributed by atoms with Gasteiger partial charge in [0.25, 0.3) is 5.91 Å². The van der Waals surface area contributed by atoms with E-state index in [0.29, 0.717) is 12.3 Å². The van der Waals surface area contributed by atoms with Gasteiger partial charge < -0.3 is 14.6 Å². The van der Waals surface area contributed by atoms with Crippen molar-refractivity contribution in [1.29, 1.82) is 0 Å². The van der Waals surface area contributed by atoms with Crippen molar-refractivity contribution in [2.75, 3.05) is 13.2 Å². The van der Waals surface area contributed by atoms with Gasteiger partial charge >= 0.3 is 0 Å². The molecule has 24 heavy (non-hydrogen) atoms. The molecule has 0 unspecified atom stereocenters. The van der Waals surface area contributed by atoms with Gasteiger partial charge in [0.15, 0.2) is 6.61 Å². The Hall–Kier alpha value is -2.82. The van der Waals surface area contributed by atoms with Gasteiger partial charge in [0.05, 0.1) is 0 Å². The van der Waals surface area contributed by atoms with Gasteiger partial charge in [0.2, 0.25) is 0 Å². The van der Waals surface area contributed by atoms with Gasteiger partial charge in [-0.25, -0.2) is 0 Å². The summed E-state index contributed by atoms with van der Waals surface area (Å²) in [5, 5.41) is 3.98. The molecule has 5 nitrogen and oxygen atoms in total. The summed E-state index contributed by atoms with van der Waals surface area (Å²) in [6, 6.07) is 11.9. The number of carbonyl (C=O) groups is 1. The summed E-state index contributed by atoms with van der Waals surface area (Å²) in [5.74, 6) is 0.589. The zero-order valence-corrected chi connectivity index (χ0v) is 14.0. The number of pyridine rings is 1. The minimum Gasteiger partial charge on any atom is -0.484 e. The van der Waals surface area contributed by atoms with Gasteiger partial charge in [-0.3, -0.25) is 9.78 Å². The van der Waals surface area contributed by atoms with Crippen molar-refractivity contribution >= 4 is 16.8 Å². The Balaban J connectivity index is 1.49. The number of rotatable bonds is 6. The molecule has 1 N–H and O–H groups in total. The van der Waals surface area contributed by atoms with Crippen molar-refractivity contribution in [3.63, 3.8) is 0 Å². The van der Waals surface area contributed by atoms with Crippen molar-refractivity contribution < 1.29 is 9.53 Å². The Labute approximate surface area is 141 Å². The van der Waals surface area contributed by atoms with E-state index in [9.17, 15) is 4.79 Å². The van der Waals surface area contributed by atoms with E-state index >= 15 is 0 Å². The zero-order valence-electron chi connectivity index (χ0n) is 14.0. The van der Waals surface area contributed by atoms with Gasteiger partial charge in [-0.05, 0) is 55.3 Å². The maximum Gasteiger partial charge on any atom is 0.257 e. The number of hydrogen-bond donors (Lipinski definition) is 1. The molecule has 2 heterocycles. The van der Waals surface area contributed by atoms with E-state index in [4.69, 9.17) is 4.74 Å². The second kappa shape index (κ2) is 7.17. The summed E-state index contributed by atoms with van der Waals surface area (Å²) in [7, 11) is 2.04. The van der Waals surface area contributed by atoms with Gasteiger partial charge in [-0.2, -0.15) is 0 Å². The van der Waals surface area contributed by atoms with E-state index in [0.717, 1.165) is 22.9 Å². The van der Waals surface area contributed by atoms with Crippen LogP contribution in [0.2, 0.25) is 0 Å². The Morgan fingerprint density at radius 3 is 2.79 bits per heavy atom. The molecule has 0 atom stereocenters. The van der Waals surface area contributed by atoms with Crippen LogP contribution in [0.3, 0.4) is 0 Å². The van der Waals surface area contributed by atoms with Crippen molar-refractivity contribution in [2.24, 2.45) is 7.05 Å². The van der Waals surface area contributed by atoms with Gasteiger partial charge in [0, 0.05) is 42.6 Å². The van der Waals surface area contributed by atoms with Crippen LogP contribution in [0.25, 0.3) is 10.9 Å². The summed E-state index contributed by atoms with van der Waals surface area (Å²) in [6.07, 6.45) is 4.28. The summed E-state index contributed by atoms with van der Waals surface area (Å²) in [5.41, 5.74) is 3.49. The van der Waals surface area contributed by atoms with E-state index in [2.05, 4.69) is 27.9 Å². The molecule has 1 amide bonds. The number of aryl methyl sites for hydroxylation is 2. The lowest BCUT2D eigenvalue weighted by atomic mass is 10.2. The smallest absolute Gasteiger partial charge is 0.257 e. The second-order valence-corrected chi connectivity index (χ2v) is 5.81. The van der Waals surface area contributed by atoms with E-state index < -0.39 is 0 Å². The number of aromatic nitrogens is 2. The Morgan fingerprint density at radius 2 is 2.00 bits per heavy atom. The number of amides is 1. The van der Waals surface area contributed by atoms with Crippen LogP contribution < -0.4 is 10.1 Å². The summed E-state index contributed by atoms with van der Waals surface area (Å²) in [4.78, 5) is 15.8. The van der Waals surface area contributed by atoms with Crippen LogP contribution in [0.4, 0.5) is 0 Å². The summed E-state index contributed by atoms with van der Waals surface area (Å²) in [6.45, 7) is 2.67. The molecule has 3 rings (SSSR count). The first-order valence-corrected chi connectivity index (χ1v) is 7.98. The molecular weight excluding hydrogens is 302 g/mol. The Bertz CT molecular complexity index is 840. The van der Waals surface area contributed by atoms with Crippen molar-refractivity contribution in [3.8, 4) is 5.75 Å². The Kier molecular flexibility index (Phi) is 4.79. The average molecular weight is 323 g/mol. The molecule has 0 aliphatic rings. The molecule has 0 aliphatic carbocycles. The third-order valence-electron chi connectivity index (χ3n) is 4.11. The molecule has 0 bridgehead atoms. The first kappa shape index (κ1) is 16.1. The van der Waals surface area contributed by atoms with Crippen LogP contribution in [0.5, 0.6) is 5.75 Å². The molecule has 5 heteroatoms. The number of hydrogen-bond acceptors (Lipinski definition) is 3. The number of benzene rings is 1. The molecule has 0 saturated heterocycles. The largest absolute Gasteiger partial charge is 0.484 e. The fourth-order valence-corrected chi connectivity index (χ4v) is 2.65. The van der Waals surface area contributed by atoms with Crippen molar-refractivity contribution in [2.45, 2.75) is 13.3 Å². The molecule has 0 radical (unpaired) electrons. The first-order chi connectivity index (χ1) is 11.6. The number of ether oxygens (including phenoxy) is 1. The third kappa shape index (κ3) is 3.74. The maximum atomic E-state index is 11.9. The van der Waals surface area contributed by atoms with E-state index in [-0.39, 0.29) is 12.5 Å². The van der Waals surface area contributed by atoms with Crippen LogP contribution in [0.15, 0.2) is 48.8 Å². The topological polar surface area (TPSA) is 56.1 Å². The second-order valence-electron chi connectivity index (χ2n) is 5.81. The predicted molar refractivity (Wildman–Crippen MR) is 94.1 cm³/mol. The highest BCUT2D eigenvalue weighted by Crippen LogP contribution is 2.23. The maximum absolute atomic E-state index is 11.9. The highest BCUT2D eigenvalue weighted by atomic mass is 16.5. The van der Waals surface area contributed by atoms with E-state index in [1.165, 1.54) is 5.69 Å². The molecule has 124 valence electrons. The highest BCUT2D eigenvalue weighted by molar-refractivity contribution is 5.83. The minimum atomic E-state index is -0.117. The Morgan fingerprint density at radius 1 is 1.21 bits per heavy atom. The monoisotopic (exact) mass is 323 g/mol. The zero-order chi connectivity index (χ0) is 16.9. The van der Waals surface area contributed by atoms with E-state index in [1.54, 1.807) is 12.4 Å². The number of nitrogens with zero attached hydrogens (tertiary/aromatic N) is 2. The molecule has 0 aliphatic heterocycles. The van der Waals surface area contributed by atoms with Crippen LogP contribution in [-0.2, 0) is 18.3 Å². The van der Waals surface area contributed by atoms with Gasteiger partial charge in [-0.15, -0.1) is 0 Å². The van der Waals surface area contributed by atoms with Gasteiger partial charge in [-0.1, -0.05) is 0 Å². The van der Waals surface area contributed by atoms with Crippen LogP contribution >= 0.6 is 0 Å². The molecule has 3 aromatic rings. The highest BCUT2D eigenvalue weighted by Gasteiger charge is 2.06. The van der Waals surface area contributed by atoms with Gasteiger partial charge in [0.1, 0.15) is 5.75 Å². The quantitative estimate of drug-likeness (QED) is 0.759. The lowest BCUT2D eigenvalue weighted by Gasteiger charge is -2.08. The predicted octanol–water partition coefficient (Wildman–Crippen LogP) is 2.62. The SMILES string of the molecule is Cc1cc2cc(OCC(=O)NCCc3ccncc3)ccc2n1C. The van der Waals surface area contributed by atoms with Crippen LogP contribution in [0.1, 0.15) is 11.3 Å². The molecule has 0 saturated carbocycles. The van der Waals surface area contributed by atoms with Crippen LogP contribution in [-0.4, -0.2) is 28.6 Å². The standard InChI is InChI=1S/C19H21N3O2/c1-14-11-16-12-17(3-4-18(16)22(14)2)24-13-19(23)21-10-7-15-5-8-20-9-6-15/h3-6,8-9,11-12H,7,10,13H2,1-2H3,(H,21,23). The number of carbonyl (C=O) groups excluding carboxylic acids is 1. The van der Waals surface area contributed by atoms with Crippen molar-refractivity contribution in [1.82, 2.24) is 14.9 Å². The number of fused-ring (bicyclic) bond motifs is 1. The molecule has 0 spiro atoms. The molecule has 1 aromatic carbocycles. The summed E-state index contributed by atoms with van der Waals surface area (Å²) < 4.78 is 7.73. The minimum absolute atomic E-state index is 0.0215. The number of nitrogens with one attached hydrogen (secondary N) is 1. The third-order valence-corrected chi connectivity index (χ3v) is 4.11. The molecule has 0 fully saturated rings. The fraction of sp³-hybridized carbons (Fsp3) is 0.263. The summed E-state index contributed by atoms with van der Waals surface area (Å²) >= 11 is 0. The first-order valence-electron chi connectivity index (χ1n) is 7.98. The van der Waals surface area contributed by atoms with E-state index in [1.807, 2.05) is 37.4 Å².